The Balaban J connectivity index is 0.000000241. The Hall–Kier alpha value is -0.570. The topological polar surface area (TPSA) is 29.5 Å². The van der Waals surface area contributed by atoms with Gasteiger partial charge in [0.15, 0.2) is 0 Å². The van der Waals surface area contributed by atoms with E-state index < -0.39 is 0 Å². The molecule has 14 heavy (non-hydrogen) atoms. The molecule has 0 N–H and O–H groups in total. The summed E-state index contributed by atoms with van der Waals surface area (Å²) >= 11 is 0. The van der Waals surface area contributed by atoms with Crippen molar-refractivity contribution in [2.75, 3.05) is 19.6 Å². The molecule has 0 unspecified atom stereocenters. The van der Waals surface area contributed by atoms with Gasteiger partial charge in [0.25, 0.3) is 6.47 Å². The van der Waals surface area contributed by atoms with E-state index >= 15 is 0 Å². The summed E-state index contributed by atoms with van der Waals surface area (Å²) in [6, 6.07) is 0. The zero-order valence-electron chi connectivity index (χ0n) is 9.88. The molecule has 0 aromatic carbocycles. The molecule has 1 rings (SSSR count). The molecule has 0 atom stereocenters. The van der Waals surface area contributed by atoms with Crippen LogP contribution < -0.4 is 0 Å². The monoisotopic (exact) mass is 201 g/mol. The minimum Gasteiger partial charge on any atom is -0.462 e. The zero-order valence-corrected chi connectivity index (χ0v) is 9.88. The van der Waals surface area contributed by atoms with E-state index in [1.807, 2.05) is 20.8 Å². The van der Waals surface area contributed by atoms with Crippen LogP contribution in [-0.4, -0.2) is 36.6 Å². The second-order valence-corrected chi connectivity index (χ2v) is 4.47. The molecule has 0 aliphatic carbocycles. The third-order valence-corrected chi connectivity index (χ3v) is 2.05. The van der Waals surface area contributed by atoms with E-state index in [0.717, 1.165) is 0 Å². The molecular weight excluding hydrogens is 178 g/mol. The van der Waals surface area contributed by atoms with Gasteiger partial charge in [0.1, 0.15) is 5.60 Å². The molecule has 1 aliphatic rings. The maximum Gasteiger partial charge on any atom is 0.293 e. The van der Waals surface area contributed by atoms with Crippen LogP contribution in [0.2, 0.25) is 0 Å². The van der Waals surface area contributed by atoms with Crippen molar-refractivity contribution in [1.82, 2.24) is 4.90 Å². The summed E-state index contributed by atoms with van der Waals surface area (Å²) in [6.07, 6.45) is 2.85. The van der Waals surface area contributed by atoms with Crippen molar-refractivity contribution in [3.8, 4) is 0 Å². The third-order valence-electron chi connectivity index (χ3n) is 2.05. The molecule has 0 amide bonds. The summed E-state index contributed by atoms with van der Waals surface area (Å²) in [5.74, 6) is 0. The minimum absolute atomic E-state index is 0.318. The molecular formula is C11H23NO2. The van der Waals surface area contributed by atoms with Gasteiger partial charge in [-0.1, -0.05) is 6.92 Å². The first-order chi connectivity index (χ1) is 6.49. The van der Waals surface area contributed by atoms with Crippen molar-refractivity contribution in [3.05, 3.63) is 0 Å². The van der Waals surface area contributed by atoms with E-state index in [9.17, 15) is 4.79 Å². The van der Waals surface area contributed by atoms with Crippen LogP contribution >= 0.6 is 0 Å². The number of nitrogens with zero attached hydrogens (tertiary/aromatic N) is 1. The van der Waals surface area contributed by atoms with Crippen molar-refractivity contribution in [3.63, 3.8) is 0 Å². The molecule has 0 bridgehead atoms. The molecule has 3 heteroatoms. The second-order valence-electron chi connectivity index (χ2n) is 4.47. The van der Waals surface area contributed by atoms with Gasteiger partial charge in [-0.15, -0.1) is 0 Å². The molecule has 0 aromatic rings. The predicted octanol–water partition coefficient (Wildman–Crippen LogP) is 2.06. The van der Waals surface area contributed by atoms with Gasteiger partial charge in [-0.2, -0.15) is 0 Å². The van der Waals surface area contributed by atoms with Crippen LogP contribution in [0.1, 0.15) is 40.5 Å². The van der Waals surface area contributed by atoms with Crippen molar-refractivity contribution >= 4 is 6.47 Å². The summed E-state index contributed by atoms with van der Waals surface area (Å²) in [4.78, 5) is 12.1. The quantitative estimate of drug-likeness (QED) is 0.640. The molecule has 0 radical (unpaired) electrons. The molecule has 1 saturated heterocycles. The van der Waals surface area contributed by atoms with Crippen LogP contribution in [0.15, 0.2) is 0 Å². The van der Waals surface area contributed by atoms with Crippen LogP contribution in [0.5, 0.6) is 0 Å². The SMILES string of the molecule is CC(C)(C)OC=O.CCN1CCCC1. The fourth-order valence-electron chi connectivity index (χ4n) is 1.24. The second kappa shape index (κ2) is 6.82. The highest BCUT2D eigenvalue weighted by Gasteiger charge is 2.07. The maximum atomic E-state index is 9.60. The fraction of sp³-hybridized carbons (Fsp3) is 0.909. The first kappa shape index (κ1) is 13.4. The highest BCUT2D eigenvalue weighted by Crippen LogP contribution is 2.04. The first-order valence-electron chi connectivity index (χ1n) is 5.33. The summed E-state index contributed by atoms with van der Waals surface area (Å²) < 4.78 is 4.55. The third kappa shape index (κ3) is 8.05. The molecule has 1 aliphatic heterocycles. The van der Waals surface area contributed by atoms with E-state index in [1.54, 1.807) is 0 Å². The molecule has 1 fully saturated rings. The predicted molar refractivity (Wildman–Crippen MR) is 58.3 cm³/mol. The Morgan fingerprint density at radius 3 is 1.93 bits per heavy atom. The normalized spacial score (nSPS) is 17.1. The minimum atomic E-state index is -0.318. The van der Waals surface area contributed by atoms with Gasteiger partial charge in [0.05, 0.1) is 0 Å². The Kier molecular flexibility index (Phi) is 6.54. The average Bonchev–Trinajstić information content (AvgIpc) is 2.54. The number of hydrogen-bond acceptors (Lipinski definition) is 3. The molecule has 0 saturated carbocycles. The van der Waals surface area contributed by atoms with Crippen LogP contribution in [-0.2, 0) is 9.53 Å². The van der Waals surface area contributed by atoms with Gasteiger partial charge in [0, 0.05) is 0 Å². The number of carbonyl (C=O) groups excluding carboxylic acids is 1. The highest BCUT2D eigenvalue weighted by atomic mass is 16.5. The zero-order chi connectivity index (χ0) is 11.0. The van der Waals surface area contributed by atoms with E-state index in [0.29, 0.717) is 6.47 Å². The van der Waals surface area contributed by atoms with E-state index in [-0.39, 0.29) is 5.60 Å². The highest BCUT2D eigenvalue weighted by molar-refractivity contribution is 5.37. The fourth-order valence-corrected chi connectivity index (χ4v) is 1.24. The number of likely N-dealkylation sites (tertiary alicyclic amines) is 1. The maximum absolute atomic E-state index is 9.60. The summed E-state index contributed by atoms with van der Waals surface area (Å²) in [6.45, 7) is 12.1. The van der Waals surface area contributed by atoms with Gasteiger partial charge < -0.3 is 9.64 Å². The molecule has 84 valence electrons. The number of carbonyl (C=O) groups is 1. The lowest BCUT2D eigenvalue weighted by Crippen LogP contribution is -2.17. The van der Waals surface area contributed by atoms with Crippen LogP contribution in [0.3, 0.4) is 0 Å². The van der Waals surface area contributed by atoms with Gasteiger partial charge in [0.2, 0.25) is 0 Å². The van der Waals surface area contributed by atoms with Gasteiger partial charge in [-0.25, -0.2) is 0 Å². The van der Waals surface area contributed by atoms with E-state index in [2.05, 4.69) is 16.6 Å². The van der Waals surface area contributed by atoms with Gasteiger partial charge in [-0.05, 0) is 53.2 Å². The van der Waals surface area contributed by atoms with Crippen LogP contribution in [0.4, 0.5) is 0 Å². The Morgan fingerprint density at radius 1 is 1.29 bits per heavy atom. The van der Waals surface area contributed by atoms with Gasteiger partial charge >= 0.3 is 0 Å². The number of rotatable bonds is 2. The smallest absolute Gasteiger partial charge is 0.293 e. The standard InChI is InChI=1S/C6H13N.C5H10O2/c1-2-7-5-3-4-6-7;1-5(2,3)7-4-6/h2-6H2,1H3;4H,1-3H3. The number of ether oxygens (including phenoxy) is 1. The average molecular weight is 201 g/mol. The van der Waals surface area contributed by atoms with Crippen molar-refractivity contribution in [1.29, 1.82) is 0 Å². The van der Waals surface area contributed by atoms with Crippen LogP contribution in [0.25, 0.3) is 0 Å². The summed E-state index contributed by atoms with van der Waals surface area (Å²) in [7, 11) is 0. The lowest BCUT2D eigenvalue weighted by molar-refractivity contribution is -0.138. The van der Waals surface area contributed by atoms with Crippen molar-refractivity contribution < 1.29 is 9.53 Å². The molecule has 0 aromatic heterocycles. The summed E-state index contributed by atoms with van der Waals surface area (Å²) in [5.41, 5.74) is -0.318. The number of hydrogen-bond donors (Lipinski definition) is 0. The van der Waals surface area contributed by atoms with E-state index in [1.165, 1.54) is 32.5 Å². The first-order valence-corrected chi connectivity index (χ1v) is 5.33. The largest absolute Gasteiger partial charge is 0.462 e. The Morgan fingerprint density at radius 2 is 1.79 bits per heavy atom. The van der Waals surface area contributed by atoms with E-state index in [4.69, 9.17) is 0 Å². The lowest BCUT2D eigenvalue weighted by atomic mass is 10.2. The summed E-state index contributed by atoms with van der Waals surface area (Å²) in [5, 5.41) is 0. The van der Waals surface area contributed by atoms with Crippen LogP contribution in [0, 0.1) is 0 Å². The Labute approximate surface area is 87.4 Å². The van der Waals surface area contributed by atoms with Gasteiger partial charge in [-0.3, -0.25) is 4.79 Å². The molecule has 1 heterocycles. The van der Waals surface area contributed by atoms with Crippen molar-refractivity contribution in [2.24, 2.45) is 0 Å². The molecule has 0 spiro atoms. The lowest BCUT2D eigenvalue weighted by Gasteiger charge is -2.14. The molecule has 3 nitrogen and oxygen atoms in total. The Bertz CT molecular complexity index is 146. The van der Waals surface area contributed by atoms with Crippen molar-refractivity contribution in [2.45, 2.75) is 46.1 Å².